The second-order valence-electron chi connectivity index (χ2n) is 7.61. The Morgan fingerprint density at radius 2 is 0.733 bits per heavy atom. The quantitative estimate of drug-likeness (QED) is 0.162. The van der Waals surface area contributed by atoms with Gasteiger partial charge in [-0.3, -0.25) is 0 Å². The molecule has 0 unspecified atom stereocenters. The summed E-state index contributed by atoms with van der Waals surface area (Å²) >= 11 is 0. The Morgan fingerprint density at radius 3 is 0.967 bits per heavy atom. The van der Waals surface area contributed by atoms with E-state index < -0.39 is 11.3 Å². The molecule has 0 spiro atoms. The van der Waals surface area contributed by atoms with Gasteiger partial charge in [-0.05, 0) is 51.4 Å². The van der Waals surface area contributed by atoms with Crippen LogP contribution in [0.1, 0.15) is 104 Å². The van der Waals surface area contributed by atoms with E-state index in [1.165, 1.54) is 0 Å². The molecule has 0 radical (unpaired) electrons. The van der Waals surface area contributed by atoms with Gasteiger partial charge in [-0.25, -0.2) is 19.2 Å². The fraction of sp³-hybridized carbons (Fsp3) is 0.818. The summed E-state index contributed by atoms with van der Waals surface area (Å²) in [5, 5.41) is 0. The first-order valence-electron chi connectivity index (χ1n) is 10.9. The van der Waals surface area contributed by atoms with Gasteiger partial charge in [0.15, 0.2) is 11.3 Å². The lowest BCUT2D eigenvalue weighted by atomic mass is 9.93. The second-order valence-corrected chi connectivity index (χ2v) is 7.61. The highest BCUT2D eigenvalue weighted by Crippen LogP contribution is 2.30. The van der Waals surface area contributed by atoms with E-state index >= 15 is 0 Å². The number of isocyanates is 4. The van der Waals surface area contributed by atoms with Gasteiger partial charge >= 0.3 is 0 Å². The zero-order chi connectivity index (χ0) is 22.6. The van der Waals surface area contributed by atoms with E-state index in [2.05, 4.69) is 33.8 Å². The Balaban J connectivity index is 4.76. The molecule has 0 aliphatic rings. The normalized spacial score (nSPS) is 14.1. The van der Waals surface area contributed by atoms with Crippen LogP contribution in [0.3, 0.4) is 0 Å². The maximum Gasteiger partial charge on any atom is 0.237 e. The molecule has 0 saturated carbocycles. The minimum Gasteiger partial charge on any atom is -0.211 e. The van der Waals surface area contributed by atoms with E-state index in [1.54, 1.807) is 24.3 Å². The molecule has 0 aromatic rings. The number of hydrogen-bond acceptors (Lipinski definition) is 8. The molecule has 0 N–H and O–H groups in total. The third kappa shape index (κ3) is 11.5. The topological polar surface area (TPSA) is 118 Å². The molecular weight excluding hydrogens is 384 g/mol. The molecule has 30 heavy (non-hydrogen) atoms. The number of nitrogens with zero attached hydrogens (tertiary/aromatic N) is 4. The molecule has 0 amide bonds. The molecule has 0 bridgehead atoms. The van der Waals surface area contributed by atoms with Crippen LogP contribution >= 0.6 is 0 Å². The van der Waals surface area contributed by atoms with Gasteiger partial charge in [0.25, 0.3) is 0 Å². The molecule has 0 aliphatic carbocycles. The minimum absolute atomic E-state index is 0.474. The predicted molar refractivity (Wildman–Crippen MR) is 114 cm³/mol. The summed E-state index contributed by atoms with van der Waals surface area (Å²) < 4.78 is 0. The fourth-order valence-corrected chi connectivity index (χ4v) is 3.57. The summed E-state index contributed by atoms with van der Waals surface area (Å²) in [5.41, 5.74) is -2.13. The van der Waals surface area contributed by atoms with Crippen LogP contribution < -0.4 is 0 Å². The van der Waals surface area contributed by atoms with Gasteiger partial charge in [-0.2, -0.15) is 20.0 Å². The second kappa shape index (κ2) is 17.4. The largest absolute Gasteiger partial charge is 0.237 e. The lowest BCUT2D eigenvalue weighted by molar-refractivity contribution is 0.334. The van der Waals surface area contributed by atoms with Crippen LogP contribution in [0.15, 0.2) is 20.0 Å². The van der Waals surface area contributed by atoms with E-state index in [0.717, 1.165) is 64.2 Å². The first-order chi connectivity index (χ1) is 14.6. The lowest BCUT2D eigenvalue weighted by Gasteiger charge is -2.23. The minimum atomic E-state index is -1.06. The average Bonchev–Trinajstić information content (AvgIpc) is 2.72. The van der Waals surface area contributed by atoms with E-state index in [1.807, 2.05) is 0 Å². The van der Waals surface area contributed by atoms with Crippen molar-refractivity contribution < 1.29 is 19.2 Å². The molecule has 0 aromatic heterocycles. The maximum atomic E-state index is 10.8. The van der Waals surface area contributed by atoms with E-state index in [0.29, 0.717) is 25.7 Å². The van der Waals surface area contributed by atoms with Gasteiger partial charge in [0.2, 0.25) is 24.3 Å². The van der Waals surface area contributed by atoms with Crippen LogP contribution in [0, 0.1) is 0 Å². The lowest BCUT2D eigenvalue weighted by Crippen LogP contribution is -2.24. The van der Waals surface area contributed by atoms with E-state index in [9.17, 15) is 19.2 Å². The Morgan fingerprint density at radius 1 is 0.467 bits per heavy atom. The summed E-state index contributed by atoms with van der Waals surface area (Å²) in [6.45, 7) is 4.14. The van der Waals surface area contributed by atoms with Crippen LogP contribution in [0.5, 0.6) is 0 Å². The third-order valence-corrected chi connectivity index (χ3v) is 5.28. The molecule has 0 rings (SSSR count). The van der Waals surface area contributed by atoms with E-state index in [4.69, 9.17) is 0 Å². The molecule has 8 nitrogen and oxygen atoms in total. The molecule has 0 saturated heterocycles. The van der Waals surface area contributed by atoms with Crippen molar-refractivity contribution in [2.75, 3.05) is 0 Å². The van der Waals surface area contributed by atoms with Gasteiger partial charge in [-0.15, -0.1) is 0 Å². The Kier molecular flexibility index (Phi) is 15.9. The first-order valence-corrected chi connectivity index (χ1v) is 10.9. The Hall–Kier alpha value is -2.48. The molecule has 0 fully saturated rings. The van der Waals surface area contributed by atoms with Crippen molar-refractivity contribution in [2.24, 2.45) is 20.0 Å². The summed E-state index contributed by atoms with van der Waals surface area (Å²) in [6.07, 6.45) is 16.9. The van der Waals surface area contributed by atoms with Crippen molar-refractivity contribution in [1.82, 2.24) is 0 Å². The smallest absolute Gasteiger partial charge is 0.211 e. The van der Waals surface area contributed by atoms with Gasteiger partial charge in [-0.1, -0.05) is 52.4 Å². The van der Waals surface area contributed by atoms with Crippen LogP contribution in [0.2, 0.25) is 0 Å². The van der Waals surface area contributed by atoms with Gasteiger partial charge in [0.05, 0.1) is 0 Å². The first kappa shape index (κ1) is 27.5. The molecule has 0 aliphatic heterocycles. The molecule has 0 heterocycles. The van der Waals surface area contributed by atoms with Crippen molar-refractivity contribution in [3.63, 3.8) is 0 Å². The maximum absolute atomic E-state index is 10.8. The number of unbranched alkanes of at least 4 members (excludes halogenated alkanes) is 7. The van der Waals surface area contributed by atoms with Crippen LogP contribution in [-0.4, -0.2) is 35.6 Å². The summed E-state index contributed by atoms with van der Waals surface area (Å²) in [4.78, 5) is 58.6. The average molecular weight is 419 g/mol. The SMILES string of the molecule is CCCCCC(CCCCCCC(CCCCC)(N=C=O)N=C=O)(N=C=O)N=C=O. The molecule has 166 valence electrons. The number of carbonyl (C=O) groups excluding carboxylic acids is 4. The zero-order valence-electron chi connectivity index (χ0n) is 18.3. The standard InChI is InChI=1S/C22H34N4O4/c1-3-5-9-13-21(23-17-27,24-18-28)15-11-7-8-12-16-22(25-19-29,26-20-30)14-10-6-4-2/h3-16H2,1-2H3. The molecule has 0 atom stereocenters. The monoisotopic (exact) mass is 418 g/mol. The van der Waals surface area contributed by atoms with Gasteiger partial charge < -0.3 is 0 Å². The van der Waals surface area contributed by atoms with Crippen molar-refractivity contribution >= 4 is 24.3 Å². The molecule has 0 aromatic carbocycles. The third-order valence-electron chi connectivity index (χ3n) is 5.28. The van der Waals surface area contributed by atoms with Crippen molar-refractivity contribution in [1.29, 1.82) is 0 Å². The number of aliphatic imine (C=N–C) groups is 4. The molecule has 8 heteroatoms. The van der Waals surface area contributed by atoms with Crippen molar-refractivity contribution in [2.45, 2.75) is 115 Å². The summed E-state index contributed by atoms with van der Waals surface area (Å²) in [6, 6.07) is 0. The number of hydrogen-bond donors (Lipinski definition) is 0. The fourth-order valence-electron chi connectivity index (χ4n) is 3.57. The summed E-state index contributed by atoms with van der Waals surface area (Å²) in [5.74, 6) is 0. The van der Waals surface area contributed by atoms with Crippen LogP contribution in [-0.2, 0) is 19.2 Å². The Bertz CT molecular complexity index is 575. The van der Waals surface area contributed by atoms with Crippen molar-refractivity contribution in [3.8, 4) is 0 Å². The Labute approximate surface area is 179 Å². The van der Waals surface area contributed by atoms with Gasteiger partial charge in [0.1, 0.15) is 0 Å². The highest BCUT2D eigenvalue weighted by molar-refractivity contribution is 5.39. The number of rotatable bonds is 19. The highest BCUT2D eigenvalue weighted by atomic mass is 16.1. The summed E-state index contributed by atoms with van der Waals surface area (Å²) in [7, 11) is 0. The zero-order valence-corrected chi connectivity index (χ0v) is 18.3. The highest BCUT2D eigenvalue weighted by Gasteiger charge is 2.29. The van der Waals surface area contributed by atoms with Crippen LogP contribution in [0.25, 0.3) is 0 Å². The van der Waals surface area contributed by atoms with Gasteiger partial charge in [0, 0.05) is 0 Å². The molecular formula is C22H34N4O4. The van der Waals surface area contributed by atoms with E-state index in [-0.39, 0.29) is 0 Å². The van der Waals surface area contributed by atoms with Crippen LogP contribution in [0.4, 0.5) is 0 Å². The van der Waals surface area contributed by atoms with Crippen molar-refractivity contribution in [3.05, 3.63) is 0 Å². The predicted octanol–water partition coefficient (Wildman–Crippen LogP) is 5.22.